The summed E-state index contributed by atoms with van der Waals surface area (Å²) in [7, 11) is 0. The van der Waals surface area contributed by atoms with E-state index in [1.54, 1.807) is 0 Å². The number of aryl methyl sites for hydroxylation is 1. The molecular weight excluding hydrogens is 374 g/mol. The molecule has 1 aliphatic carbocycles. The first-order chi connectivity index (χ1) is 14.4. The Morgan fingerprint density at radius 1 is 0.933 bits per heavy atom. The van der Waals surface area contributed by atoms with Crippen molar-refractivity contribution < 1.29 is 14.7 Å². The van der Waals surface area contributed by atoms with Gasteiger partial charge in [-0.15, -0.1) is 0 Å². The van der Waals surface area contributed by atoms with Gasteiger partial charge >= 0.3 is 5.97 Å². The van der Waals surface area contributed by atoms with Crippen molar-refractivity contribution in [3.8, 4) is 11.1 Å². The van der Waals surface area contributed by atoms with Gasteiger partial charge in [-0.1, -0.05) is 49.1 Å². The third-order valence-electron chi connectivity index (χ3n) is 7.03. The predicted octanol–water partition coefficient (Wildman–Crippen LogP) is 5.33. The molecule has 2 aromatic rings. The molecule has 4 heteroatoms. The number of amides is 1. The first-order valence-electron chi connectivity index (χ1n) is 11.1. The van der Waals surface area contributed by atoms with E-state index in [1.165, 1.54) is 17.5 Å². The summed E-state index contributed by atoms with van der Waals surface area (Å²) in [4.78, 5) is 26.9. The van der Waals surface area contributed by atoms with Crippen LogP contribution in [0.4, 0.5) is 0 Å². The number of carboxylic acid groups (broad SMARTS) is 1. The second-order valence-corrected chi connectivity index (χ2v) is 9.03. The first-order valence-corrected chi connectivity index (χ1v) is 11.1. The van der Waals surface area contributed by atoms with Gasteiger partial charge in [0.2, 0.25) is 5.91 Å². The van der Waals surface area contributed by atoms with E-state index in [9.17, 15) is 14.7 Å². The maximum Gasteiger partial charge on any atom is 0.307 e. The third-order valence-corrected chi connectivity index (χ3v) is 7.03. The van der Waals surface area contributed by atoms with E-state index in [4.69, 9.17) is 0 Å². The van der Waals surface area contributed by atoms with Crippen LogP contribution in [0.5, 0.6) is 0 Å². The van der Waals surface area contributed by atoms with Crippen molar-refractivity contribution in [2.75, 3.05) is 0 Å². The molecule has 1 amide bonds. The average molecular weight is 406 g/mol. The summed E-state index contributed by atoms with van der Waals surface area (Å²) < 4.78 is 0. The van der Waals surface area contributed by atoms with Crippen molar-refractivity contribution in [3.05, 3.63) is 57.6 Å². The van der Waals surface area contributed by atoms with Gasteiger partial charge in [-0.25, -0.2) is 0 Å². The van der Waals surface area contributed by atoms with Crippen LogP contribution in [0.25, 0.3) is 11.1 Å². The molecular formula is C26H31NO3. The van der Waals surface area contributed by atoms with Gasteiger partial charge in [0, 0.05) is 19.0 Å². The standard InChI is InChI=1S/C26H31NO3/c1-16-9-11-19(12-10-16)25-18(3)23-15-27(26(30)20-7-5-4-6-8-20)14-22(23)17(2)21(25)13-24(28)29/h9-12,20H,4-8,13-15H2,1-3H3,(H,28,29). The monoisotopic (exact) mass is 405 g/mol. The fourth-order valence-electron chi connectivity index (χ4n) is 5.31. The van der Waals surface area contributed by atoms with Crippen molar-refractivity contribution in [1.29, 1.82) is 0 Å². The third kappa shape index (κ3) is 3.76. The summed E-state index contributed by atoms with van der Waals surface area (Å²) in [5.74, 6) is -0.385. The highest BCUT2D eigenvalue weighted by Gasteiger charge is 2.33. The quantitative estimate of drug-likeness (QED) is 0.748. The number of fused-ring (bicyclic) bond motifs is 1. The lowest BCUT2D eigenvalue weighted by molar-refractivity contribution is -0.137. The maximum absolute atomic E-state index is 13.2. The SMILES string of the molecule is Cc1ccc(-c2c(C)c3c(c(C)c2CC(=O)O)CN(C(=O)C2CCCCC2)C3)cc1. The average Bonchev–Trinajstić information content (AvgIpc) is 3.19. The molecule has 4 rings (SSSR count). The van der Waals surface area contributed by atoms with E-state index in [2.05, 4.69) is 38.1 Å². The van der Waals surface area contributed by atoms with E-state index >= 15 is 0 Å². The summed E-state index contributed by atoms with van der Waals surface area (Å²) >= 11 is 0. The molecule has 0 radical (unpaired) electrons. The molecule has 2 aromatic carbocycles. The minimum absolute atomic E-state index is 0.000263. The Kier molecular flexibility index (Phi) is 5.68. The number of benzene rings is 2. The Hall–Kier alpha value is -2.62. The molecule has 0 spiro atoms. The molecule has 0 saturated heterocycles. The molecule has 2 aliphatic rings. The highest BCUT2D eigenvalue weighted by Crippen LogP contribution is 2.40. The Bertz CT molecular complexity index is 985. The molecule has 1 heterocycles. The highest BCUT2D eigenvalue weighted by atomic mass is 16.4. The van der Waals surface area contributed by atoms with Crippen molar-refractivity contribution in [2.24, 2.45) is 5.92 Å². The molecule has 0 atom stereocenters. The second kappa shape index (κ2) is 8.25. The lowest BCUT2D eigenvalue weighted by atomic mass is 9.84. The van der Waals surface area contributed by atoms with E-state index in [-0.39, 0.29) is 18.2 Å². The van der Waals surface area contributed by atoms with Crippen molar-refractivity contribution in [1.82, 2.24) is 4.90 Å². The zero-order chi connectivity index (χ0) is 21.4. The molecule has 0 bridgehead atoms. The van der Waals surface area contributed by atoms with Gasteiger partial charge in [-0.3, -0.25) is 9.59 Å². The Balaban J connectivity index is 1.76. The van der Waals surface area contributed by atoms with Gasteiger partial charge in [-0.2, -0.15) is 0 Å². The van der Waals surface area contributed by atoms with Crippen LogP contribution < -0.4 is 0 Å². The molecule has 1 aliphatic heterocycles. The Morgan fingerprint density at radius 2 is 1.53 bits per heavy atom. The summed E-state index contributed by atoms with van der Waals surface area (Å²) in [6.45, 7) is 7.43. The van der Waals surface area contributed by atoms with Crippen LogP contribution in [0.2, 0.25) is 0 Å². The van der Waals surface area contributed by atoms with E-state index < -0.39 is 5.97 Å². The summed E-state index contributed by atoms with van der Waals surface area (Å²) in [6.07, 6.45) is 5.54. The zero-order valence-corrected chi connectivity index (χ0v) is 18.3. The molecule has 30 heavy (non-hydrogen) atoms. The number of aliphatic carboxylic acids is 1. The maximum atomic E-state index is 13.2. The largest absolute Gasteiger partial charge is 0.481 e. The number of carbonyl (C=O) groups excluding carboxylic acids is 1. The van der Waals surface area contributed by atoms with Gasteiger partial charge in [0.05, 0.1) is 6.42 Å². The van der Waals surface area contributed by atoms with Crippen molar-refractivity contribution >= 4 is 11.9 Å². The summed E-state index contributed by atoms with van der Waals surface area (Å²) in [6, 6.07) is 8.30. The molecule has 4 nitrogen and oxygen atoms in total. The molecule has 1 N–H and O–H groups in total. The fraction of sp³-hybridized carbons (Fsp3) is 0.462. The molecule has 1 saturated carbocycles. The Morgan fingerprint density at radius 3 is 2.13 bits per heavy atom. The number of hydrogen-bond donors (Lipinski definition) is 1. The summed E-state index contributed by atoms with van der Waals surface area (Å²) in [5, 5.41) is 9.59. The van der Waals surface area contributed by atoms with E-state index in [0.29, 0.717) is 13.1 Å². The number of nitrogens with zero attached hydrogens (tertiary/aromatic N) is 1. The van der Waals surface area contributed by atoms with Crippen LogP contribution >= 0.6 is 0 Å². The van der Waals surface area contributed by atoms with Crippen molar-refractivity contribution in [3.63, 3.8) is 0 Å². The fourth-order valence-corrected chi connectivity index (χ4v) is 5.31. The number of carboxylic acids is 1. The topological polar surface area (TPSA) is 57.6 Å². The van der Waals surface area contributed by atoms with Gasteiger partial charge in [0.1, 0.15) is 0 Å². The van der Waals surface area contributed by atoms with Gasteiger partial charge in [0.15, 0.2) is 0 Å². The van der Waals surface area contributed by atoms with Gasteiger partial charge < -0.3 is 10.0 Å². The van der Waals surface area contributed by atoms with Crippen molar-refractivity contribution in [2.45, 2.75) is 72.4 Å². The van der Waals surface area contributed by atoms with Crippen LogP contribution in [0.3, 0.4) is 0 Å². The van der Waals surface area contributed by atoms with Gasteiger partial charge in [-0.05, 0) is 72.6 Å². The highest BCUT2D eigenvalue weighted by molar-refractivity contribution is 5.83. The minimum atomic E-state index is -0.820. The number of hydrogen-bond acceptors (Lipinski definition) is 2. The van der Waals surface area contributed by atoms with Crippen LogP contribution in [0.15, 0.2) is 24.3 Å². The number of rotatable bonds is 4. The summed E-state index contributed by atoms with van der Waals surface area (Å²) in [5.41, 5.74) is 8.66. The van der Waals surface area contributed by atoms with Crippen LogP contribution in [-0.4, -0.2) is 21.9 Å². The van der Waals surface area contributed by atoms with Gasteiger partial charge in [0.25, 0.3) is 0 Å². The number of carbonyl (C=O) groups is 2. The first kappa shape index (κ1) is 20.6. The molecule has 0 aromatic heterocycles. The van der Waals surface area contributed by atoms with Crippen LogP contribution in [0, 0.1) is 26.7 Å². The van der Waals surface area contributed by atoms with Crippen LogP contribution in [0.1, 0.15) is 65.5 Å². The van der Waals surface area contributed by atoms with Crippen LogP contribution in [-0.2, 0) is 29.1 Å². The molecule has 1 fully saturated rings. The lowest BCUT2D eigenvalue weighted by Crippen LogP contribution is -2.33. The Labute approximate surface area is 178 Å². The lowest BCUT2D eigenvalue weighted by Gasteiger charge is -2.26. The second-order valence-electron chi connectivity index (χ2n) is 9.03. The zero-order valence-electron chi connectivity index (χ0n) is 18.3. The minimum Gasteiger partial charge on any atom is -0.481 e. The van der Waals surface area contributed by atoms with E-state index in [1.807, 2.05) is 11.8 Å². The smallest absolute Gasteiger partial charge is 0.307 e. The molecule has 0 unspecified atom stereocenters. The normalized spacial score (nSPS) is 16.6. The van der Waals surface area contributed by atoms with E-state index in [0.717, 1.165) is 59.1 Å². The predicted molar refractivity (Wildman–Crippen MR) is 118 cm³/mol. The molecule has 158 valence electrons.